The number of hydrogen-bond donors (Lipinski definition) is 0. The van der Waals surface area contributed by atoms with Crippen molar-refractivity contribution >= 4 is 38.4 Å². The third kappa shape index (κ3) is 1.90. The molecule has 3 aromatic carbocycles. The predicted molar refractivity (Wildman–Crippen MR) is 89.7 cm³/mol. The molecule has 0 saturated heterocycles. The van der Waals surface area contributed by atoms with E-state index >= 15 is 0 Å². The SMILES string of the molecule is Brc1ccc(/C=C2\Cc3cccc4cccc2c34)cc1. The van der Waals surface area contributed by atoms with Gasteiger partial charge in [0, 0.05) is 4.47 Å². The summed E-state index contributed by atoms with van der Waals surface area (Å²) in [5.41, 5.74) is 5.51. The second kappa shape index (κ2) is 4.60. The third-order valence-electron chi connectivity index (χ3n) is 3.93. The van der Waals surface area contributed by atoms with E-state index in [-0.39, 0.29) is 0 Å². The summed E-state index contributed by atoms with van der Waals surface area (Å²) in [6.45, 7) is 0. The molecule has 3 aromatic rings. The van der Waals surface area contributed by atoms with Gasteiger partial charge in [-0.25, -0.2) is 0 Å². The third-order valence-corrected chi connectivity index (χ3v) is 4.46. The van der Waals surface area contributed by atoms with Crippen molar-refractivity contribution in [2.75, 3.05) is 0 Å². The molecule has 0 aliphatic heterocycles. The molecule has 96 valence electrons. The van der Waals surface area contributed by atoms with Gasteiger partial charge in [-0.05, 0) is 51.6 Å². The fourth-order valence-electron chi connectivity index (χ4n) is 3.02. The highest BCUT2D eigenvalue weighted by molar-refractivity contribution is 9.10. The summed E-state index contributed by atoms with van der Waals surface area (Å²) < 4.78 is 1.12. The van der Waals surface area contributed by atoms with Crippen molar-refractivity contribution in [3.05, 3.63) is 81.8 Å². The van der Waals surface area contributed by atoms with Gasteiger partial charge in [-0.1, -0.05) is 70.5 Å². The van der Waals surface area contributed by atoms with Crippen LogP contribution >= 0.6 is 15.9 Å². The Morgan fingerprint density at radius 2 is 1.60 bits per heavy atom. The average molecular weight is 321 g/mol. The van der Waals surface area contributed by atoms with Crippen molar-refractivity contribution < 1.29 is 0 Å². The van der Waals surface area contributed by atoms with Crippen molar-refractivity contribution in [1.29, 1.82) is 0 Å². The predicted octanol–water partition coefficient (Wildman–Crippen LogP) is 5.70. The molecule has 1 heteroatoms. The molecule has 0 saturated carbocycles. The second-order valence-electron chi connectivity index (χ2n) is 5.22. The summed E-state index contributed by atoms with van der Waals surface area (Å²) in [7, 11) is 0. The number of halogens is 1. The van der Waals surface area contributed by atoms with E-state index in [1.807, 2.05) is 0 Å². The fourth-order valence-corrected chi connectivity index (χ4v) is 3.29. The molecule has 1 aliphatic rings. The van der Waals surface area contributed by atoms with E-state index < -0.39 is 0 Å². The monoisotopic (exact) mass is 320 g/mol. The zero-order valence-corrected chi connectivity index (χ0v) is 12.5. The molecular weight excluding hydrogens is 308 g/mol. The van der Waals surface area contributed by atoms with Gasteiger partial charge < -0.3 is 0 Å². The topological polar surface area (TPSA) is 0 Å². The van der Waals surface area contributed by atoms with Gasteiger partial charge in [0.25, 0.3) is 0 Å². The van der Waals surface area contributed by atoms with Gasteiger partial charge >= 0.3 is 0 Å². The molecule has 0 fully saturated rings. The summed E-state index contributed by atoms with van der Waals surface area (Å²) in [6, 6.07) is 21.7. The Bertz CT molecular complexity index is 821. The molecule has 0 spiro atoms. The van der Waals surface area contributed by atoms with E-state index in [0.29, 0.717) is 0 Å². The number of rotatable bonds is 1. The summed E-state index contributed by atoms with van der Waals surface area (Å²) in [5, 5.41) is 2.78. The summed E-state index contributed by atoms with van der Waals surface area (Å²) in [6.07, 6.45) is 3.34. The van der Waals surface area contributed by atoms with Gasteiger partial charge in [0.15, 0.2) is 0 Å². The Balaban J connectivity index is 1.88. The lowest BCUT2D eigenvalue weighted by molar-refractivity contribution is 1.38. The zero-order valence-electron chi connectivity index (χ0n) is 10.9. The standard InChI is InChI=1S/C19H13Br/c20-17-9-7-13(8-10-17)11-16-12-15-5-1-3-14-4-2-6-18(16)19(14)15/h1-11H,12H2/b16-11+. The van der Waals surface area contributed by atoms with Gasteiger partial charge in [-0.3, -0.25) is 0 Å². The minimum absolute atomic E-state index is 1.03. The van der Waals surface area contributed by atoms with Crippen LogP contribution in [0.15, 0.2) is 65.1 Å². The first-order valence-corrected chi connectivity index (χ1v) is 7.58. The molecule has 0 amide bonds. The molecule has 0 bridgehead atoms. The molecule has 0 atom stereocenters. The molecule has 0 heterocycles. The molecule has 1 aliphatic carbocycles. The maximum absolute atomic E-state index is 3.48. The zero-order chi connectivity index (χ0) is 13.5. The molecule has 0 aromatic heterocycles. The molecule has 0 radical (unpaired) electrons. The Labute approximate surface area is 126 Å². The highest BCUT2D eigenvalue weighted by atomic mass is 79.9. The van der Waals surface area contributed by atoms with Gasteiger partial charge in [0.05, 0.1) is 0 Å². The Kier molecular flexibility index (Phi) is 2.75. The minimum atomic E-state index is 1.03. The van der Waals surface area contributed by atoms with Crippen molar-refractivity contribution in [2.45, 2.75) is 6.42 Å². The van der Waals surface area contributed by atoms with Crippen molar-refractivity contribution in [3.8, 4) is 0 Å². The summed E-state index contributed by atoms with van der Waals surface area (Å²) in [4.78, 5) is 0. The normalized spacial score (nSPS) is 15.2. The van der Waals surface area contributed by atoms with Crippen LogP contribution in [0.1, 0.15) is 16.7 Å². The maximum Gasteiger partial charge on any atom is 0.0175 e. The first-order chi connectivity index (χ1) is 9.81. The minimum Gasteiger partial charge on any atom is -0.0613 e. The van der Waals surface area contributed by atoms with Crippen molar-refractivity contribution in [2.24, 2.45) is 0 Å². The van der Waals surface area contributed by atoms with Gasteiger partial charge in [-0.15, -0.1) is 0 Å². The van der Waals surface area contributed by atoms with Gasteiger partial charge in [0.2, 0.25) is 0 Å². The first-order valence-electron chi connectivity index (χ1n) is 6.78. The number of benzene rings is 3. The molecule has 0 N–H and O–H groups in total. The van der Waals surface area contributed by atoms with E-state index in [1.165, 1.54) is 33.0 Å². The van der Waals surface area contributed by atoms with Gasteiger partial charge in [0.1, 0.15) is 0 Å². The largest absolute Gasteiger partial charge is 0.0613 e. The molecule has 20 heavy (non-hydrogen) atoms. The summed E-state index contributed by atoms with van der Waals surface area (Å²) >= 11 is 3.48. The van der Waals surface area contributed by atoms with Crippen LogP contribution in [0.2, 0.25) is 0 Å². The Morgan fingerprint density at radius 1 is 0.850 bits per heavy atom. The second-order valence-corrected chi connectivity index (χ2v) is 6.13. The van der Waals surface area contributed by atoms with Crippen LogP contribution in [0.25, 0.3) is 22.4 Å². The molecular formula is C19H13Br. The van der Waals surface area contributed by atoms with Gasteiger partial charge in [-0.2, -0.15) is 0 Å². The van der Waals surface area contributed by atoms with Crippen LogP contribution in [0.3, 0.4) is 0 Å². The molecule has 0 nitrogen and oxygen atoms in total. The lowest BCUT2D eigenvalue weighted by Gasteiger charge is -2.02. The first kappa shape index (κ1) is 11.9. The molecule has 4 rings (SSSR count). The van der Waals surface area contributed by atoms with E-state index in [9.17, 15) is 0 Å². The smallest absolute Gasteiger partial charge is 0.0175 e. The van der Waals surface area contributed by atoms with Crippen LogP contribution < -0.4 is 0 Å². The van der Waals surface area contributed by atoms with Crippen LogP contribution in [0, 0.1) is 0 Å². The Morgan fingerprint density at radius 3 is 2.40 bits per heavy atom. The Hall–Kier alpha value is -1.86. The van der Waals surface area contributed by atoms with Crippen LogP contribution in [0.5, 0.6) is 0 Å². The number of hydrogen-bond acceptors (Lipinski definition) is 0. The maximum atomic E-state index is 3.48. The van der Waals surface area contributed by atoms with Crippen molar-refractivity contribution in [1.82, 2.24) is 0 Å². The van der Waals surface area contributed by atoms with E-state index in [2.05, 4.69) is 82.7 Å². The highest BCUT2D eigenvalue weighted by Gasteiger charge is 2.17. The molecule has 0 unspecified atom stereocenters. The summed E-state index contributed by atoms with van der Waals surface area (Å²) in [5.74, 6) is 0. The lowest BCUT2D eigenvalue weighted by Crippen LogP contribution is -1.80. The van der Waals surface area contributed by atoms with Crippen LogP contribution in [-0.4, -0.2) is 0 Å². The average Bonchev–Trinajstić information content (AvgIpc) is 2.82. The van der Waals surface area contributed by atoms with Crippen LogP contribution in [0.4, 0.5) is 0 Å². The number of allylic oxidation sites excluding steroid dienone is 1. The van der Waals surface area contributed by atoms with E-state index in [0.717, 1.165) is 10.9 Å². The van der Waals surface area contributed by atoms with E-state index in [1.54, 1.807) is 0 Å². The van der Waals surface area contributed by atoms with Crippen LogP contribution in [-0.2, 0) is 6.42 Å². The van der Waals surface area contributed by atoms with Crippen molar-refractivity contribution in [3.63, 3.8) is 0 Å². The highest BCUT2D eigenvalue weighted by Crippen LogP contribution is 2.38. The lowest BCUT2D eigenvalue weighted by atomic mass is 10.0. The van der Waals surface area contributed by atoms with E-state index in [4.69, 9.17) is 0 Å². The fraction of sp³-hybridized carbons (Fsp3) is 0.0526. The quantitative estimate of drug-likeness (QED) is 0.539.